The van der Waals surface area contributed by atoms with Crippen LogP contribution >= 0.6 is 11.8 Å². The van der Waals surface area contributed by atoms with Gasteiger partial charge in [-0.1, -0.05) is 136 Å². The summed E-state index contributed by atoms with van der Waals surface area (Å²) >= 11 is 1.40. The van der Waals surface area contributed by atoms with Crippen LogP contribution in [0.2, 0.25) is 0 Å². The van der Waals surface area contributed by atoms with Crippen molar-refractivity contribution in [3.8, 4) is 0 Å². The minimum Gasteiger partial charge on any atom is -0.481 e. The Hall–Kier alpha value is -0.710. The zero-order chi connectivity index (χ0) is 25.1. The van der Waals surface area contributed by atoms with Gasteiger partial charge in [0.25, 0.3) is 0 Å². The Morgan fingerprint density at radius 3 is 1.50 bits per heavy atom. The second kappa shape index (κ2) is 26.9. The molecule has 4 nitrogen and oxygen atoms in total. The Labute approximate surface area is 215 Å². The molecule has 0 amide bonds. The Balaban J connectivity index is 3.79. The molecule has 0 saturated heterocycles. The lowest BCUT2D eigenvalue weighted by atomic mass is 10.0. The third-order valence-electron chi connectivity index (χ3n) is 6.48. The Bertz CT molecular complexity index is 455. The van der Waals surface area contributed by atoms with Crippen molar-refractivity contribution >= 4 is 23.7 Å². The van der Waals surface area contributed by atoms with Gasteiger partial charge in [0.2, 0.25) is 0 Å². The highest BCUT2D eigenvalue weighted by atomic mass is 32.2. The van der Waals surface area contributed by atoms with E-state index in [0.717, 1.165) is 25.7 Å². The van der Waals surface area contributed by atoms with Crippen LogP contribution < -0.4 is 0 Å². The Kier molecular flexibility index (Phi) is 26.3. The van der Waals surface area contributed by atoms with Gasteiger partial charge in [0.1, 0.15) is 0 Å². The van der Waals surface area contributed by atoms with Crippen LogP contribution in [0, 0.1) is 0 Å². The molecule has 0 bridgehead atoms. The van der Waals surface area contributed by atoms with Crippen molar-refractivity contribution in [1.82, 2.24) is 0 Å². The van der Waals surface area contributed by atoms with Crippen molar-refractivity contribution in [3.05, 3.63) is 0 Å². The first-order chi connectivity index (χ1) is 16.6. The summed E-state index contributed by atoms with van der Waals surface area (Å²) < 4.78 is 5.45. The molecule has 0 aliphatic heterocycles. The highest BCUT2D eigenvalue weighted by Crippen LogP contribution is 2.23. The fraction of sp³-hybridized carbons (Fsp3) is 0.931. The predicted molar refractivity (Wildman–Crippen MR) is 148 cm³/mol. The highest BCUT2D eigenvalue weighted by molar-refractivity contribution is 8.00. The minimum absolute atomic E-state index is 0.0605. The van der Waals surface area contributed by atoms with E-state index in [9.17, 15) is 9.59 Å². The average Bonchev–Trinajstić information content (AvgIpc) is 2.81. The van der Waals surface area contributed by atoms with Gasteiger partial charge in [-0.3, -0.25) is 9.59 Å². The van der Waals surface area contributed by atoms with E-state index in [1.807, 2.05) is 0 Å². The molecule has 1 N–H and O–H groups in total. The number of unbranched alkanes of at least 4 members (excludes halogenated alkanes) is 18. The number of ether oxygens (including phenoxy) is 1. The molecule has 0 saturated carbocycles. The summed E-state index contributed by atoms with van der Waals surface area (Å²) in [6.07, 6.45) is 26.7. The maximum absolute atomic E-state index is 12.3. The quantitative estimate of drug-likeness (QED) is 0.0899. The van der Waals surface area contributed by atoms with Gasteiger partial charge < -0.3 is 9.84 Å². The third kappa shape index (κ3) is 25.9. The molecular weight excluding hydrogens is 444 g/mol. The molecule has 1 atom stereocenters. The van der Waals surface area contributed by atoms with Crippen LogP contribution in [-0.2, 0) is 14.3 Å². The third-order valence-corrected chi connectivity index (χ3v) is 7.76. The van der Waals surface area contributed by atoms with Crippen LogP contribution in [0.1, 0.15) is 155 Å². The van der Waals surface area contributed by atoms with Crippen molar-refractivity contribution in [1.29, 1.82) is 0 Å². The van der Waals surface area contributed by atoms with Crippen molar-refractivity contribution in [2.75, 3.05) is 12.4 Å². The van der Waals surface area contributed by atoms with Crippen LogP contribution in [0.15, 0.2) is 0 Å². The zero-order valence-electron chi connectivity index (χ0n) is 22.6. The summed E-state index contributed by atoms with van der Waals surface area (Å²) in [5, 5.41) is 9.08. The van der Waals surface area contributed by atoms with Crippen LogP contribution in [0.4, 0.5) is 0 Å². The van der Waals surface area contributed by atoms with Gasteiger partial charge >= 0.3 is 11.9 Å². The van der Waals surface area contributed by atoms with E-state index >= 15 is 0 Å². The van der Waals surface area contributed by atoms with Crippen LogP contribution in [0.25, 0.3) is 0 Å². The number of hydrogen-bond donors (Lipinski definition) is 1. The number of carboxylic acids is 1. The number of hydrogen-bond acceptors (Lipinski definition) is 4. The van der Waals surface area contributed by atoms with Gasteiger partial charge in [-0.15, -0.1) is 11.8 Å². The second-order valence-electron chi connectivity index (χ2n) is 9.90. The lowest BCUT2D eigenvalue weighted by Crippen LogP contribution is -2.16. The number of esters is 1. The molecule has 202 valence electrons. The van der Waals surface area contributed by atoms with E-state index in [4.69, 9.17) is 9.84 Å². The van der Waals surface area contributed by atoms with E-state index in [-0.39, 0.29) is 17.0 Å². The topological polar surface area (TPSA) is 63.6 Å². The average molecular weight is 501 g/mol. The van der Waals surface area contributed by atoms with E-state index in [0.29, 0.717) is 13.0 Å². The molecule has 0 aromatic rings. The van der Waals surface area contributed by atoms with Gasteiger partial charge in [-0.2, -0.15) is 0 Å². The van der Waals surface area contributed by atoms with Crippen LogP contribution in [0.5, 0.6) is 0 Å². The summed E-state index contributed by atoms with van der Waals surface area (Å²) in [6, 6.07) is 0. The number of aliphatic carboxylic acids is 1. The molecule has 0 aromatic heterocycles. The van der Waals surface area contributed by atoms with Crippen LogP contribution in [0.3, 0.4) is 0 Å². The summed E-state index contributed by atoms with van der Waals surface area (Å²) in [5.41, 5.74) is 0. The highest BCUT2D eigenvalue weighted by Gasteiger charge is 2.17. The van der Waals surface area contributed by atoms with Crippen molar-refractivity contribution in [3.63, 3.8) is 0 Å². The number of carbonyl (C=O) groups is 2. The number of rotatable bonds is 27. The molecule has 1 unspecified atom stereocenters. The molecular formula is C29H56O4S. The van der Waals surface area contributed by atoms with E-state index in [1.165, 1.54) is 121 Å². The molecule has 0 rings (SSSR count). The predicted octanol–water partition coefficient (Wildman–Crippen LogP) is 9.34. The normalized spacial score (nSPS) is 12.1. The molecule has 0 aromatic carbocycles. The van der Waals surface area contributed by atoms with Gasteiger partial charge in [0.05, 0.1) is 18.8 Å². The summed E-state index contributed by atoms with van der Waals surface area (Å²) in [4.78, 5) is 23.2. The largest absolute Gasteiger partial charge is 0.481 e. The van der Waals surface area contributed by atoms with E-state index in [2.05, 4.69) is 13.8 Å². The second-order valence-corrected chi connectivity index (χ2v) is 11.2. The first kappa shape index (κ1) is 33.3. The zero-order valence-corrected chi connectivity index (χ0v) is 23.4. The standard InChI is InChI=1S/C29H56O4S/c1-3-5-7-9-11-13-15-17-19-21-23-27(34-26-28(30)31)25-29(32)33-24-22-20-18-16-14-12-10-8-6-4-2/h27H,3-26H2,1-2H3,(H,30,31). The Morgan fingerprint density at radius 2 is 1.06 bits per heavy atom. The molecule has 0 spiro atoms. The maximum atomic E-state index is 12.3. The van der Waals surface area contributed by atoms with E-state index in [1.54, 1.807) is 0 Å². The molecule has 34 heavy (non-hydrogen) atoms. The van der Waals surface area contributed by atoms with Gasteiger partial charge in [-0.25, -0.2) is 0 Å². The van der Waals surface area contributed by atoms with E-state index < -0.39 is 5.97 Å². The fourth-order valence-electron chi connectivity index (χ4n) is 4.31. The minimum atomic E-state index is -0.809. The lowest BCUT2D eigenvalue weighted by molar-refractivity contribution is -0.143. The summed E-state index contributed by atoms with van der Waals surface area (Å²) in [7, 11) is 0. The fourth-order valence-corrected chi connectivity index (χ4v) is 5.28. The van der Waals surface area contributed by atoms with Gasteiger partial charge in [0, 0.05) is 5.25 Å². The van der Waals surface area contributed by atoms with Crippen LogP contribution in [-0.4, -0.2) is 34.7 Å². The molecule has 0 heterocycles. The van der Waals surface area contributed by atoms with Gasteiger partial charge in [0.15, 0.2) is 0 Å². The first-order valence-corrected chi connectivity index (χ1v) is 15.6. The molecule has 5 heteroatoms. The maximum Gasteiger partial charge on any atom is 0.313 e. The molecule has 0 aliphatic rings. The monoisotopic (exact) mass is 500 g/mol. The molecule has 0 radical (unpaired) electrons. The molecule has 0 aliphatic carbocycles. The Morgan fingerprint density at radius 1 is 0.647 bits per heavy atom. The lowest BCUT2D eigenvalue weighted by Gasteiger charge is -2.15. The first-order valence-electron chi connectivity index (χ1n) is 14.6. The number of thioether (sulfide) groups is 1. The van der Waals surface area contributed by atoms with Crippen molar-refractivity contribution < 1.29 is 19.4 Å². The number of carboxylic acid groups (broad SMARTS) is 1. The van der Waals surface area contributed by atoms with Gasteiger partial charge in [-0.05, 0) is 12.8 Å². The summed E-state index contributed by atoms with van der Waals surface area (Å²) in [6.45, 7) is 5.00. The molecule has 0 fully saturated rings. The van der Waals surface area contributed by atoms with Crippen molar-refractivity contribution in [2.24, 2.45) is 0 Å². The number of carbonyl (C=O) groups excluding carboxylic acids is 1. The summed E-state index contributed by atoms with van der Waals surface area (Å²) in [5.74, 6) is -0.906. The van der Waals surface area contributed by atoms with Crippen molar-refractivity contribution in [2.45, 2.75) is 160 Å². The smallest absolute Gasteiger partial charge is 0.313 e. The SMILES string of the molecule is CCCCCCCCCCCCOC(=O)CC(CCCCCCCCCCCC)SCC(=O)O.